The van der Waals surface area contributed by atoms with Crippen LogP contribution in [0, 0.1) is 5.92 Å². The highest BCUT2D eigenvalue weighted by atomic mass is 32.2. The Morgan fingerprint density at radius 3 is 2.69 bits per heavy atom. The number of nitrogen functional groups attached to an aromatic ring is 1. The lowest BCUT2D eigenvalue weighted by atomic mass is 9.93. The predicted molar refractivity (Wildman–Crippen MR) is 132 cm³/mol. The summed E-state index contributed by atoms with van der Waals surface area (Å²) in [6.07, 6.45) is 3.17. The van der Waals surface area contributed by atoms with Gasteiger partial charge in [0.1, 0.15) is 33.5 Å². The van der Waals surface area contributed by atoms with Gasteiger partial charge in [-0.15, -0.1) is 0 Å². The number of hydrogen-bond donors (Lipinski definition) is 2. The second kappa shape index (κ2) is 9.94. The largest absolute Gasteiger partial charge is 0.486 e. The minimum absolute atomic E-state index is 0.202. The maximum atomic E-state index is 12.1. The van der Waals surface area contributed by atoms with Crippen LogP contribution < -0.4 is 20.7 Å². The molecular formula is C23H27BN6O4S. The molecule has 2 aliphatic rings. The Bertz CT molecular complexity index is 1240. The molecule has 0 aliphatic carbocycles. The number of nitrogens with zero attached hydrogens (tertiary/aromatic N) is 5. The molecule has 35 heavy (non-hydrogen) atoms. The van der Waals surface area contributed by atoms with Crippen LogP contribution in [0.15, 0.2) is 28.5 Å². The van der Waals surface area contributed by atoms with Crippen LogP contribution in [0.4, 0.5) is 5.82 Å². The summed E-state index contributed by atoms with van der Waals surface area (Å²) in [6, 6.07) is 3.66. The van der Waals surface area contributed by atoms with E-state index < -0.39 is 6.10 Å². The molecule has 2 radical (unpaired) electrons. The number of likely N-dealkylation sites (tertiary alicyclic amines) is 1. The number of imidazole rings is 1. The molecule has 1 fully saturated rings. The maximum Gasteiger partial charge on any atom is 0.251 e. The number of carbonyl (C=O) groups is 1. The zero-order chi connectivity index (χ0) is 24.5. The predicted octanol–water partition coefficient (Wildman–Crippen LogP) is 1.13. The Labute approximate surface area is 208 Å². The SMILES string of the molecule is [B]c1cc2c(cc1Sc1nc3c(N)ncnc3n1CCC1CCN(C(=O)[C@@H](C)O)CC1)OCCO2. The number of aryl methyl sites for hydroxylation is 1. The van der Waals surface area contributed by atoms with E-state index in [0.29, 0.717) is 72.7 Å². The fraction of sp³-hybridized carbons (Fsp3) is 0.478. The molecule has 12 heteroatoms. The van der Waals surface area contributed by atoms with Gasteiger partial charge in [0.15, 0.2) is 33.6 Å². The van der Waals surface area contributed by atoms with E-state index in [2.05, 4.69) is 14.5 Å². The van der Waals surface area contributed by atoms with Gasteiger partial charge in [0.2, 0.25) is 0 Å². The zero-order valence-electron chi connectivity index (χ0n) is 19.5. The van der Waals surface area contributed by atoms with Crippen LogP contribution >= 0.6 is 11.8 Å². The quantitative estimate of drug-likeness (QED) is 0.485. The van der Waals surface area contributed by atoms with Crippen LogP contribution in [0.2, 0.25) is 0 Å². The number of ether oxygens (including phenoxy) is 2. The summed E-state index contributed by atoms with van der Waals surface area (Å²) in [6.45, 7) is 4.51. The Morgan fingerprint density at radius 2 is 1.97 bits per heavy atom. The topological polar surface area (TPSA) is 129 Å². The lowest BCUT2D eigenvalue weighted by Gasteiger charge is -2.32. The van der Waals surface area contributed by atoms with Crippen molar-refractivity contribution in [1.29, 1.82) is 0 Å². The number of aromatic nitrogens is 4. The van der Waals surface area contributed by atoms with Crippen molar-refractivity contribution >= 4 is 48.0 Å². The summed E-state index contributed by atoms with van der Waals surface area (Å²) in [5.41, 5.74) is 7.92. The summed E-state index contributed by atoms with van der Waals surface area (Å²) >= 11 is 1.43. The van der Waals surface area contributed by atoms with Gasteiger partial charge in [-0.25, -0.2) is 15.0 Å². The van der Waals surface area contributed by atoms with Crippen molar-refractivity contribution in [2.75, 3.05) is 32.0 Å². The van der Waals surface area contributed by atoms with Gasteiger partial charge in [-0.3, -0.25) is 4.79 Å². The number of aliphatic hydroxyl groups is 1. The number of piperidine rings is 1. The summed E-state index contributed by atoms with van der Waals surface area (Å²) < 4.78 is 13.4. The molecule has 10 nitrogen and oxygen atoms in total. The first kappa shape index (κ1) is 23.7. The summed E-state index contributed by atoms with van der Waals surface area (Å²) in [4.78, 5) is 27.9. The van der Waals surface area contributed by atoms with Gasteiger partial charge in [0.05, 0.1) is 0 Å². The van der Waals surface area contributed by atoms with Crippen LogP contribution in [0.1, 0.15) is 26.2 Å². The molecule has 3 aromatic rings. The van der Waals surface area contributed by atoms with Gasteiger partial charge in [-0.2, -0.15) is 0 Å². The first-order valence-electron chi connectivity index (χ1n) is 11.7. The number of hydrogen-bond acceptors (Lipinski definition) is 9. The number of nitrogens with two attached hydrogens (primary N) is 1. The third-order valence-corrected chi connectivity index (χ3v) is 7.51. The number of aliphatic hydroxyl groups excluding tert-OH is 1. The zero-order valence-corrected chi connectivity index (χ0v) is 20.3. The molecule has 0 unspecified atom stereocenters. The molecule has 1 atom stereocenters. The summed E-state index contributed by atoms with van der Waals surface area (Å²) in [5.74, 6) is 1.88. The molecule has 2 aliphatic heterocycles. The van der Waals surface area contributed by atoms with Crippen molar-refractivity contribution < 1.29 is 19.4 Å². The Balaban J connectivity index is 1.36. The normalized spacial score (nSPS) is 17.0. The van der Waals surface area contributed by atoms with Crippen LogP contribution in [0.25, 0.3) is 11.2 Å². The van der Waals surface area contributed by atoms with Crippen molar-refractivity contribution in [1.82, 2.24) is 24.4 Å². The van der Waals surface area contributed by atoms with Crippen molar-refractivity contribution in [3.8, 4) is 11.5 Å². The van der Waals surface area contributed by atoms with Gasteiger partial charge in [-0.05, 0) is 44.2 Å². The molecular weight excluding hydrogens is 467 g/mol. The van der Waals surface area contributed by atoms with Gasteiger partial charge in [-0.1, -0.05) is 17.2 Å². The Kier molecular flexibility index (Phi) is 6.74. The van der Waals surface area contributed by atoms with E-state index in [1.807, 2.05) is 6.07 Å². The third-order valence-electron chi connectivity index (χ3n) is 6.45. The lowest BCUT2D eigenvalue weighted by molar-refractivity contribution is -0.140. The minimum Gasteiger partial charge on any atom is -0.486 e. The van der Waals surface area contributed by atoms with Crippen molar-refractivity contribution in [2.24, 2.45) is 5.92 Å². The van der Waals surface area contributed by atoms with Crippen molar-refractivity contribution in [2.45, 2.75) is 48.9 Å². The Hall–Kier alpha value is -2.99. The highest BCUT2D eigenvalue weighted by Gasteiger charge is 2.26. The molecule has 1 amide bonds. The number of amides is 1. The van der Waals surface area contributed by atoms with E-state index in [0.717, 1.165) is 29.3 Å². The lowest BCUT2D eigenvalue weighted by Crippen LogP contribution is -2.43. The molecule has 182 valence electrons. The number of fused-ring (bicyclic) bond motifs is 2. The first-order valence-corrected chi connectivity index (χ1v) is 12.5. The molecule has 3 N–H and O–H groups in total. The average molecular weight is 494 g/mol. The van der Waals surface area contributed by atoms with E-state index in [1.165, 1.54) is 25.0 Å². The average Bonchev–Trinajstić information content (AvgIpc) is 3.21. The molecule has 0 bridgehead atoms. The Morgan fingerprint density at radius 1 is 1.26 bits per heavy atom. The van der Waals surface area contributed by atoms with Gasteiger partial charge >= 0.3 is 0 Å². The second-order valence-corrected chi connectivity index (χ2v) is 9.86. The van der Waals surface area contributed by atoms with E-state index >= 15 is 0 Å². The molecule has 0 spiro atoms. The molecule has 1 aromatic carbocycles. The van der Waals surface area contributed by atoms with Crippen LogP contribution in [-0.4, -0.2) is 75.7 Å². The first-order chi connectivity index (χ1) is 16.9. The second-order valence-electron chi connectivity index (χ2n) is 8.85. The van der Waals surface area contributed by atoms with Gasteiger partial charge in [0.25, 0.3) is 5.91 Å². The molecule has 0 saturated carbocycles. The highest BCUT2D eigenvalue weighted by Crippen LogP contribution is 2.37. The fourth-order valence-corrected chi connectivity index (χ4v) is 5.47. The number of rotatable bonds is 6. The van der Waals surface area contributed by atoms with Gasteiger partial charge in [0, 0.05) is 24.5 Å². The minimum atomic E-state index is -0.957. The summed E-state index contributed by atoms with van der Waals surface area (Å²) in [5, 5.41) is 10.3. The van der Waals surface area contributed by atoms with Gasteiger partial charge < -0.3 is 29.8 Å². The highest BCUT2D eigenvalue weighted by molar-refractivity contribution is 7.99. The van der Waals surface area contributed by atoms with Crippen LogP contribution in [-0.2, 0) is 11.3 Å². The number of anilines is 1. The van der Waals surface area contributed by atoms with Crippen molar-refractivity contribution in [3.63, 3.8) is 0 Å². The van der Waals surface area contributed by atoms with E-state index in [1.54, 1.807) is 11.0 Å². The molecule has 4 heterocycles. The standard InChI is InChI=1S/C23H27BN6O4S/c1-13(31)22(32)29-5-2-14(3-6-29)4-7-30-21-19(20(25)26-12-27-21)28-23(30)35-18-11-17-16(10-15(18)24)33-8-9-34-17/h10-14,31H,2-9H2,1H3,(H2,25,26,27)/t13-/m1/s1. The number of benzene rings is 1. The fourth-order valence-electron chi connectivity index (χ4n) is 4.50. The maximum absolute atomic E-state index is 12.1. The van der Waals surface area contributed by atoms with E-state index in [9.17, 15) is 9.90 Å². The molecule has 1 saturated heterocycles. The molecule has 5 rings (SSSR count). The molecule has 2 aromatic heterocycles. The van der Waals surface area contributed by atoms with E-state index in [-0.39, 0.29) is 5.91 Å². The monoisotopic (exact) mass is 494 g/mol. The third kappa shape index (κ3) is 4.90. The summed E-state index contributed by atoms with van der Waals surface area (Å²) in [7, 11) is 6.32. The number of carbonyl (C=O) groups excluding carboxylic acids is 1. The van der Waals surface area contributed by atoms with Crippen LogP contribution in [0.5, 0.6) is 11.5 Å². The van der Waals surface area contributed by atoms with Crippen LogP contribution in [0.3, 0.4) is 0 Å². The smallest absolute Gasteiger partial charge is 0.251 e. The van der Waals surface area contributed by atoms with E-state index in [4.69, 9.17) is 28.0 Å². The van der Waals surface area contributed by atoms with Crippen molar-refractivity contribution in [3.05, 3.63) is 18.5 Å².